The molecule has 0 aliphatic carbocycles. The topological polar surface area (TPSA) is 66.6 Å². The predicted octanol–water partition coefficient (Wildman–Crippen LogP) is 2.27. The fourth-order valence-electron chi connectivity index (χ4n) is 3.14. The molecule has 1 saturated heterocycles. The highest BCUT2D eigenvalue weighted by molar-refractivity contribution is 5.94. The molecular formula is C20H22FN3O2. The van der Waals surface area contributed by atoms with Crippen LogP contribution in [0.3, 0.4) is 0 Å². The van der Waals surface area contributed by atoms with Crippen LogP contribution in [-0.4, -0.2) is 47.8 Å². The molecule has 6 heteroatoms. The van der Waals surface area contributed by atoms with E-state index in [1.165, 1.54) is 24.3 Å². The summed E-state index contributed by atoms with van der Waals surface area (Å²) in [5.41, 5.74) is 7.38. The zero-order valence-corrected chi connectivity index (χ0v) is 14.5. The Morgan fingerprint density at radius 2 is 1.54 bits per heavy atom. The summed E-state index contributed by atoms with van der Waals surface area (Å²) in [6.45, 7) is 3.75. The molecule has 0 bridgehead atoms. The lowest BCUT2D eigenvalue weighted by molar-refractivity contribution is 0.0761. The normalized spacial score (nSPS) is 15.5. The first-order valence-electron chi connectivity index (χ1n) is 8.69. The first kappa shape index (κ1) is 18.1. The molecule has 0 spiro atoms. The second kappa shape index (κ2) is 8.10. The van der Waals surface area contributed by atoms with Crippen molar-refractivity contribution >= 4 is 11.8 Å². The summed E-state index contributed by atoms with van der Waals surface area (Å²) >= 11 is 0. The molecule has 5 nitrogen and oxygen atoms in total. The van der Waals surface area contributed by atoms with E-state index in [2.05, 4.69) is 4.90 Å². The van der Waals surface area contributed by atoms with E-state index < -0.39 is 5.91 Å². The van der Waals surface area contributed by atoms with Crippen LogP contribution in [0.5, 0.6) is 0 Å². The van der Waals surface area contributed by atoms with Gasteiger partial charge in [-0.05, 0) is 48.4 Å². The maximum atomic E-state index is 13.0. The van der Waals surface area contributed by atoms with E-state index in [4.69, 9.17) is 5.73 Å². The highest BCUT2D eigenvalue weighted by atomic mass is 19.1. The minimum atomic E-state index is -0.429. The molecule has 1 aliphatic rings. The van der Waals surface area contributed by atoms with E-state index >= 15 is 0 Å². The average Bonchev–Trinajstić information content (AvgIpc) is 2.88. The zero-order chi connectivity index (χ0) is 18.5. The molecule has 0 aromatic heterocycles. The van der Waals surface area contributed by atoms with Gasteiger partial charge in [0.2, 0.25) is 5.91 Å². The molecule has 0 radical (unpaired) electrons. The number of hydrogen-bond donors (Lipinski definition) is 1. The van der Waals surface area contributed by atoms with Crippen LogP contribution in [0.2, 0.25) is 0 Å². The Labute approximate surface area is 152 Å². The third kappa shape index (κ3) is 4.46. The lowest BCUT2D eigenvalue weighted by Crippen LogP contribution is -2.35. The maximum absolute atomic E-state index is 13.0. The molecule has 2 aromatic carbocycles. The summed E-state index contributed by atoms with van der Waals surface area (Å²) in [6.07, 6.45) is 0.881. The molecule has 26 heavy (non-hydrogen) atoms. The molecule has 1 fully saturated rings. The van der Waals surface area contributed by atoms with Gasteiger partial charge < -0.3 is 10.6 Å². The number of halogens is 1. The van der Waals surface area contributed by atoms with Crippen molar-refractivity contribution in [1.29, 1.82) is 0 Å². The van der Waals surface area contributed by atoms with Crippen LogP contribution in [-0.2, 0) is 6.54 Å². The van der Waals surface area contributed by atoms with Crippen molar-refractivity contribution in [2.75, 3.05) is 26.2 Å². The number of amides is 2. The molecule has 1 aliphatic heterocycles. The summed E-state index contributed by atoms with van der Waals surface area (Å²) in [5, 5.41) is 0. The minimum absolute atomic E-state index is 0.0577. The Balaban J connectivity index is 1.58. The third-order valence-corrected chi connectivity index (χ3v) is 4.61. The summed E-state index contributed by atoms with van der Waals surface area (Å²) in [7, 11) is 0. The molecule has 2 aromatic rings. The van der Waals surface area contributed by atoms with E-state index in [0.29, 0.717) is 24.2 Å². The second-order valence-corrected chi connectivity index (χ2v) is 6.49. The third-order valence-electron chi connectivity index (χ3n) is 4.61. The number of carbonyl (C=O) groups excluding carboxylic acids is 2. The average molecular weight is 355 g/mol. The van der Waals surface area contributed by atoms with Gasteiger partial charge in [0.1, 0.15) is 5.82 Å². The number of carbonyl (C=O) groups is 2. The number of nitrogens with two attached hydrogens (primary N) is 1. The monoisotopic (exact) mass is 355 g/mol. The van der Waals surface area contributed by atoms with Gasteiger partial charge in [0.15, 0.2) is 0 Å². The van der Waals surface area contributed by atoms with Crippen LogP contribution in [0.25, 0.3) is 0 Å². The maximum Gasteiger partial charge on any atom is 0.253 e. The molecule has 3 rings (SSSR count). The summed E-state index contributed by atoms with van der Waals surface area (Å²) in [5.74, 6) is -0.829. The van der Waals surface area contributed by atoms with Crippen molar-refractivity contribution in [3.8, 4) is 0 Å². The summed E-state index contributed by atoms with van der Waals surface area (Å²) in [6, 6.07) is 13.0. The van der Waals surface area contributed by atoms with Crippen molar-refractivity contribution in [2.45, 2.75) is 13.0 Å². The predicted molar refractivity (Wildman–Crippen MR) is 97.2 cm³/mol. The zero-order valence-electron chi connectivity index (χ0n) is 14.5. The summed E-state index contributed by atoms with van der Waals surface area (Å²) in [4.78, 5) is 27.8. The standard InChI is InChI=1S/C20H22FN3O2/c21-18-8-6-17(7-9-18)20(26)24-11-1-10-23(12-13-24)14-15-2-4-16(5-3-15)19(22)25/h2-9H,1,10-14H2,(H2,22,25). The van der Waals surface area contributed by atoms with Crippen LogP contribution in [0.4, 0.5) is 4.39 Å². The molecule has 0 unspecified atom stereocenters. The van der Waals surface area contributed by atoms with E-state index in [1.54, 1.807) is 12.1 Å². The molecule has 2 amide bonds. The Bertz CT molecular complexity index is 775. The quantitative estimate of drug-likeness (QED) is 0.915. The first-order valence-corrected chi connectivity index (χ1v) is 8.69. The Morgan fingerprint density at radius 1 is 0.885 bits per heavy atom. The lowest BCUT2D eigenvalue weighted by atomic mass is 10.1. The summed E-state index contributed by atoms with van der Waals surface area (Å²) < 4.78 is 13.0. The van der Waals surface area contributed by atoms with Gasteiger partial charge in [-0.15, -0.1) is 0 Å². The second-order valence-electron chi connectivity index (χ2n) is 6.49. The van der Waals surface area contributed by atoms with Gasteiger partial charge in [0.05, 0.1) is 0 Å². The van der Waals surface area contributed by atoms with Crippen molar-refractivity contribution < 1.29 is 14.0 Å². The molecule has 136 valence electrons. The van der Waals surface area contributed by atoms with Crippen LogP contribution < -0.4 is 5.73 Å². The highest BCUT2D eigenvalue weighted by Gasteiger charge is 2.20. The van der Waals surface area contributed by atoms with Gasteiger partial charge in [-0.2, -0.15) is 0 Å². The first-order chi connectivity index (χ1) is 12.5. The fourth-order valence-corrected chi connectivity index (χ4v) is 3.14. The van der Waals surface area contributed by atoms with Gasteiger partial charge in [-0.3, -0.25) is 14.5 Å². The number of benzene rings is 2. The van der Waals surface area contributed by atoms with E-state index in [1.807, 2.05) is 17.0 Å². The Morgan fingerprint density at radius 3 is 2.19 bits per heavy atom. The SMILES string of the molecule is NC(=O)c1ccc(CN2CCCN(C(=O)c3ccc(F)cc3)CC2)cc1. The van der Waals surface area contributed by atoms with Gasteiger partial charge in [0.25, 0.3) is 5.91 Å². The van der Waals surface area contributed by atoms with Crippen LogP contribution in [0.1, 0.15) is 32.7 Å². The van der Waals surface area contributed by atoms with Crippen molar-refractivity contribution in [1.82, 2.24) is 9.80 Å². The molecule has 1 heterocycles. The number of nitrogens with zero attached hydrogens (tertiary/aromatic N) is 2. The minimum Gasteiger partial charge on any atom is -0.366 e. The van der Waals surface area contributed by atoms with Gasteiger partial charge in [-0.1, -0.05) is 12.1 Å². The van der Waals surface area contributed by atoms with Crippen molar-refractivity contribution in [3.05, 3.63) is 71.0 Å². The van der Waals surface area contributed by atoms with Crippen molar-refractivity contribution in [2.24, 2.45) is 5.73 Å². The molecule has 0 atom stereocenters. The Kier molecular flexibility index (Phi) is 5.63. The van der Waals surface area contributed by atoms with E-state index in [9.17, 15) is 14.0 Å². The fraction of sp³-hybridized carbons (Fsp3) is 0.300. The number of hydrogen-bond acceptors (Lipinski definition) is 3. The van der Waals surface area contributed by atoms with E-state index in [-0.39, 0.29) is 11.7 Å². The number of rotatable bonds is 4. The largest absolute Gasteiger partial charge is 0.366 e. The van der Waals surface area contributed by atoms with Gasteiger partial charge >= 0.3 is 0 Å². The lowest BCUT2D eigenvalue weighted by Gasteiger charge is -2.22. The van der Waals surface area contributed by atoms with Crippen LogP contribution in [0, 0.1) is 5.82 Å². The molecule has 2 N–H and O–H groups in total. The smallest absolute Gasteiger partial charge is 0.253 e. The van der Waals surface area contributed by atoms with Crippen LogP contribution in [0.15, 0.2) is 48.5 Å². The van der Waals surface area contributed by atoms with Crippen molar-refractivity contribution in [3.63, 3.8) is 0 Å². The number of primary amides is 1. The molecule has 0 saturated carbocycles. The van der Waals surface area contributed by atoms with Crippen LogP contribution >= 0.6 is 0 Å². The van der Waals surface area contributed by atoms with Gasteiger partial charge in [-0.25, -0.2) is 4.39 Å². The molecular weight excluding hydrogens is 333 g/mol. The van der Waals surface area contributed by atoms with Gasteiger partial charge in [0, 0.05) is 43.9 Å². The Hall–Kier alpha value is -2.73. The van der Waals surface area contributed by atoms with E-state index in [0.717, 1.165) is 31.6 Å². The highest BCUT2D eigenvalue weighted by Crippen LogP contribution is 2.13.